The molecule has 1 aromatic carbocycles. The van der Waals surface area contributed by atoms with Crippen molar-refractivity contribution in [1.82, 2.24) is 15.1 Å². The SMILES string of the molecule is O=C(NC1(C(=O)O)CCCC1)c1ccn(-c2cccc([N+](=O)[O-])c2)n1. The predicted octanol–water partition coefficient (Wildman–Crippen LogP) is 1.91. The summed E-state index contributed by atoms with van der Waals surface area (Å²) < 4.78 is 1.34. The first-order chi connectivity index (χ1) is 11.9. The number of non-ortho nitro benzene ring substituents is 1. The summed E-state index contributed by atoms with van der Waals surface area (Å²) in [6, 6.07) is 7.28. The van der Waals surface area contributed by atoms with Crippen molar-refractivity contribution in [3.63, 3.8) is 0 Å². The first kappa shape index (κ1) is 16.6. The number of nitro benzene ring substituents is 1. The van der Waals surface area contributed by atoms with E-state index in [2.05, 4.69) is 10.4 Å². The number of benzene rings is 1. The molecule has 9 nitrogen and oxygen atoms in total. The van der Waals surface area contributed by atoms with Gasteiger partial charge in [0.25, 0.3) is 11.6 Å². The molecule has 0 unspecified atom stereocenters. The zero-order chi connectivity index (χ0) is 18.0. The van der Waals surface area contributed by atoms with Crippen LogP contribution in [0.1, 0.15) is 36.2 Å². The Morgan fingerprint density at radius 2 is 2.00 bits per heavy atom. The number of nitro groups is 1. The van der Waals surface area contributed by atoms with Gasteiger partial charge < -0.3 is 10.4 Å². The standard InChI is InChI=1S/C16H16N4O5/c21-14(17-16(15(22)23)7-1-2-8-16)13-6-9-19(18-13)11-4-3-5-12(10-11)20(24)25/h3-6,9-10H,1-2,7-8H2,(H,17,21)(H,22,23). The molecular formula is C16H16N4O5. The Morgan fingerprint density at radius 3 is 2.64 bits per heavy atom. The summed E-state index contributed by atoms with van der Waals surface area (Å²) in [5, 5.41) is 27.0. The summed E-state index contributed by atoms with van der Waals surface area (Å²) in [4.78, 5) is 34.2. The van der Waals surface area contributed by atoms with E-state index >= 15 is 0 Å². The van der Waals surface area contributed by atoms with Gasteiger partial charge in [-0.25, -0.2) is 9.48 Å². The van der Waals surface area contributed by atoms with E-state index in [1.807, 2.05) is 0 Å². The second-order valence-electron chi connectivity index (χ2n) is 5.97. The normalized spacial score (nSPS) is 15.7. The highest BCUT2D eigenvalue weighted by molar-refractivity contribution is 5.96. The van der Waals surface area contributed by atoms with E-state index in [9.17, 15) is 24.8 Å². The summed E-state index contributed by atoms with van der Waals surface area (Å²) >= 11 is 0. The lowest BCUT2D eigenvalue weighted by Crippen LogP contribution is -2.52. The van der Waals surface area contributed by atoms with Crippen LogP contribution < -0.4 is 5.32 Å². The molecular weight excluding hydrogens is 328 g/mol. The number of carbonyl (C=O) groups is 2. The minimum absolute atomic E-state index is 0.0547. The number of carboxylic acids is 1. The van der Waals surface area contributed by atoms with Crippen molar-refractivity contribution < 1.29 is 19.6 Å². The highest BCUT2D eigenvalue weighted by atomic mass is 16.6. The topological polar surface area (TPSA) is 127 Å². The molecule has 1 heterocycles. The predicted molar refractivity (Wildman–Crippen MR) is 86.5 cm³/mol. The van der Waals surface area contributed by atoms with Gasteiger partial charge in [0.1, 0.15) is 5.54 Å². The van der Waals surface area contributed by atoms with Gasteiger partial charge in [0, 0.05) is 18.3 Å². The van der Waals surface area contributed by atoms with Crippen LogP contribution in [0.5, 0.6) is 0 Å². The fraction of sp³-hybridized carbons (Fsp3) is 0.312. The van der Waals surface area contributed by atoms with Crippen LogP contribution in [0.4, 0.5) is 5.69 Å². The number of carbonyl (C=O) groups excluding carboxylic acids is 1. The van der Waals surface area contributed by atoms with Crippen molar-refractivity contribution >= 4 is 17.6 Å². The van der Waals surface area contributed by atoms with Crippen LogP contribution in [-0.4, -0.2) is 37.2 Å². The molecule has 0 radical (unpaired) electrons. The molecule has 2 aromatic rings. The maximum absolute atomic E-state index is 12.4. The van der Waals surface area contributed by atoms with Crippen LogP contribution in [0.2, 0.25) is 0 Å². The summed E-state index contributed by atoms with van der Waals surface area (Å²) in [7, 11) is 0. The van der Waals surface area contributed by atoms with Crippen molar-refractivity contribution in [3.8, 4) is 5.69 Å². The highest BCUT2D eigenvalue weighted by Gasteiger charge is 2.43. The molecule has 0 saturated heterocycles. The molecule has 0 aliphatic heterocycles. The van der Waals surface area contributed by atoms with Gasteiger partial charge in [0.2, 0.25) is 0 Å². The first-order valence-corrected chi connectivity index (χ1v) is 7.78. The maximum Gasteiger partial charge on any atom is 0.329 e. The van der Waals surface area contributed by atoms with E-state index in [-0.39, 0.29) is 11.4 Å². The van der Waals surface area contributed by atoms with Gasteiger partial charge in [-0.2, -0.15) is 5.10 Å². The van der Waals surface area contributed by atoms with Crippen molar-refractivity contribution in [1.29, 1.82) is 0 Å². The third-order valence-corrected chi connectivity index (χ3v) is 4.35. The third kappa shape index (κ3) is 3.21. The van der Waals surface area contributed by atoms with E-state index in [4.69, 9.17) is 0 Å². The number of hydrogen-bond donors (Lipinski definition) is 2. The lowest BCUT2D eigenvalue weighted by molar-refractivity contribution is -0.384. The van der Waals surface area contributed by atoms with Crippen LogP contribution in [0.3, 0.4) is 0 Å². The van der Waals surface area contributed by atoms with Gasteiger partial charge in [0.15, 0.2) is 5.69 Å². The Morgan fingerprint density at radius 1 is 1.28 bits per heavy atom. The molecule has 1 saturated carbocycles. The molecule has 3 rings (SSSR count). The lowest BCUT2D eigenvalue weighted by Gasteiger charge is -2.24. The lowest BCUT2D eigenvalue weighted by atomic mass is 9.97. The minimum atomic E-state index is -1.24. The van der Waals surface area contributed by atoms with Gasteiger partial charge in [0.05, 0.1) is 10.6 Å². The highest BCUT2D eigenvalue weighted by Crippen LogP contribution is 2.30. The Kier molecular flexibility index (Phi) is 4.22. The van der Waals surface area contributed by atoms with E-state index in [1.54, 1.807) is 6.07 Å². The molecule has 0 bridgehead atoms. The number of nitrogens with zero attached hydrogens (tertiary/aromatic N) is 3. The van der Waals surface area contributed by atoms with Gasteiger partial charge in [-0.1, -0.05) is 18.9 Å². The van der Waals surface area contributed by atoms with Crippen LogP contribution in [0, 0.1) is 10.1 Å². The smallest absolute Gasteiger partial charge is 0.329 e. The Hall–Kier alpha value is -3.23. The average Bonchev–Trinajstić information content (AvgIpc) is 3.25. The first-order valence-electron chi connectivity index (χ1n) is 7.78. The Balaban J connectivity index is 1.81. The van der Waals surface area contributed by atoms with Gasteiger partial charge in [-0.3, -0.25) is 14.9 Å². The number of hydrogen-bond acceptors (Lipinski definition) is 5. The van der Waals surface area contributed by atoms with Crippen molar-refractivity contribution in [2.75, 3.05) is 0 Å². The Bertz CT molecular complexity index is 839. The minimum Gasteiger partial charge on any atom is -0.480 e. The van der Waals surface area contributed by atoms with Gasteiger partial charge in [-0.05, 0) is 25.0 Å². The number of nitrogens with one attached hydrogen (secondary N) is 1. The maximum atomic E-state index is 12.4. The summed E-state index contributed by atoms with van der Waals surface area (Å²) in [6.45, 7) is 0. The molecule has 0 spiro atoms. The molecule has 130 valence electrons. The fourth-order valence-corrected chi connectivity index (χ4v) is 2.99. The summed E-state index contributed by atoms with van der Waals surface area (Å²) in [6.07, 6.45) is 3.76. The number of amides is 1. The quantitative estimate of drug-likeness (QED) is 0.630. The van der Waals surface area contributed by atoms with E-state index < -0.39 is 22.3 Å². The second kappa shape index (κ2) is 6.34. The summed E-state index contributed by atoms with van der Waals surface area (Å²) in [5.74, 6) is -1.62. The molecule has 1 aliphatic carbocycles. The number of aliphatic carboxylic acids is 1. The van der Waals surface area contributed by atoms with E-state index in [0.717, 1.165) is 12.8 Å². The van der Waals surface area contributed by atoms with Crippen LogP contribution in [-0.2, 0) is 4.79 Å². The number of carboxylic acid groups (broad SMARTS) is 1. The monoisotopic (exact) mass is 344 g/mol. The third-order valence-electron chi connectivity index (χ3n) is 4.35. The molecule has 0 atom stereocenters. The molecule has 9 heteroatoms. The number of aromatic nitrogens is 2. The van der Waals surface area contributed by atoms with E-state index in [1.165, 1.54) is 35.1 Å². The van der Waals surface area contributed by atoms with Gasteiger partial charge >= 0.3 is 5.97 Å². The van der Waals surface area contributed by atoms with Gasteiger partial charge in [-0.15, -0.1) is 0 Å². The number of rotatable bonds is 5. The largest absolute Gasteiger partial charge is 0.480 e. The summed E-state index contributed by atoms with van der Waals surface area (Å²) in [5.41, 5.74) is -0.845. The van der Waals surface area contributed by atoms with E-state index in [0.29, 0.717) is 18.5 Å². The van der Waals surface area contributed by atoms with Crippen LogP contribution >= 0.6 is 0 Å². The molecule has 1 fully saturated rings. The second-order valence-corrected chi connectivity index (χ2v) is 5.97. The molecule has 1 aliphatic rings. The van der Waals surface area contributed by atoms with Crippen molar-refractivity contribution in [2.45, 2.75) is 31.2 Å². The fourth-order valence-electron chi connectivity index (χ4n) is 2.99. The zero-order valence-electron chi connectivity index (χ0n) is 13.2. The molecule has 1 amide bonds. The van der Waals surface area contributed by atoms with Crippen molar-refractivity contribution in [2.24, 2.45) is 0 Å². The molecule has 1 aromatic heterocycles. The van der Waals surface area contributed by atoms with Crippen molar-refractivity contribution in [3.05, 3.63) is 52.3 Å². The molecule has 2 N–H and O–H groups in total. The van der Waals surface area contributed by atoms with Crippen LogP contribution in [0.25, 0.3) is 5.69 Å². The average molecular weight is 344 g/mol. The van der Waals surface area contributed by atoms with Crippen LogP contribution in [0.15, 0.2) is 36.5 Å². The molecule has 25 heavy (non-hydrogen) atoms. The zero-order valence-corrected chi connectivity index (χ0v) is 13.2. The Labute approximate surface area is 142 Å².